The van der Waals surface area contributed by atoms with Crippen molar-refractivity contribution in [2.45, 2.75) is 23.9 Å². The standard InChI is InChI=1S/C21H21N3O2S2/c1-4-11-22-19(25)14(3)27-21-23-16-13-17(15-9-7-6-8-10-15)28-18(16)20(26)24(21)12-5-2/h4-10,13-14H,1-2,11-12H2,3H3,(H,22,25)/t14-/m1/s1. The Kier molecular flexibility index (Phi) is 6.49. The molecule has 5 nitrogen and oxygen atoms in total. The van der Waals surface area contributed by atoms with E-state index in [4.69, 9.17) is 4.98 Å². The molecule has 2 heterocycles. The summed E-state index contributed by atoms with van der Waals surface area (Å²) in [4.78, 5) is 30.9. The third kappa shape index (κ3) is 4.26. The van der Waals surface area contributed by atoms with Gasteiger partial charge in [0.2, 0.25) is 5.91 Å². The zero-order chi connectivity index (χ0) is 20.1. The van der Waals surface area contributed by atoms with Crippen molar-refractivity contribution in [1.29, 1.82) is 0 Å². The average molecular weight is 412 g/mol. The molecular weight excluding hydrogens is 390 g/mol. The number of thiophene rings is 1. The Morgan fingerprint density at radius 1 is 1.32 bits per heavy atom. The first-order chi connectivity index (χ1) is 13.5. The SMILES string of the molecule is C=CCNC(=O)[C@@H](C)Sc1nc2cc(-c3ccccc3)sc2c(=O)n1CC=C. The molecule has 0 saturated carbocycles. The molecule has 3 rings (SSSR count). The summed E-state index contributed by atoms with van der Waals surface area (Å²) in [6.45, 7) is 9.87. The zero-order valence-corrected chi connectivity index (χ0v) is 17.2. The van der Waals surface area contributed by atoms with Gasteiger partial charge in [-0.05, 0) is 18.6 Å². The summed E-state index contributed by atoms with van der Waals surface area (Å²) in [6.07, 6.45) is 3.29. The highest BCUT2D eigenvalue weighted by Gasteiger charge is 2.20. The number of carbonyl (C=O) groups excluding carboxylic acids is 1. The van der Waals surface area contributed by atoms with E-state index in [1.165, 1.54) is 23.1 Å². The second-order valence-corrected chi connectivity index (χ2v) is 8.44. The fraction of sp³-hybridized carbons (Fsp3) is 0.190. The average Bonchev–Trinajstić information content (AvgIpc) is 3.14. The lowest BCUT2D eigenvalue weighted by atomic mass is 10.2. The summed E-state index contributed by atoms with van der Waals surface area (Å²) in [5, 5.41) is 2.88. The Hall–Kier alpha value is -2.64. The van der Waals surface area contributed by atoms with Crippen LogP contribution in [0.4, 0.5) is 0 Å². The number of hydrogen-bond acceptors (Lipinski definition) is 5. The first-order valence-corrected chi connectivity index (χ1v) is 10.5. The van der Waals surface area contributed by atoms with E-state index in [1.54, 1.807) is 23.6 Å². The van der Waals surface area contributed by atoms with Gasteiger partial charge in [-0.3, -0.25) is 14.2 Å². The van der Waals surface area contributed by atoms with Crippen LogP contribution in [0, 0.1) is 0 Å². The predicted molar refractivity (Wildman–Crippen MR) is 118 cm³/mol. The minimum absolute atomic E-state index is 0.113. The molecule has 7 heteroatoms. The fourth-order valence-electron chi connectivity index (χ4n) is 2.64. The van der Waals surface area contributed by atoms with Gasteiger partial charge in [0, 0.05) is 18.0 Å². The third-order valence-corrected chi connectivity index (χ3v) is 6.29. The van der Waals surface area contributed by atoms with E-state index in [0.717, 1.165) is 10.4 Å². The van der Waals surface area contributed by atoms with E-state index in [-0.39, 0.29) is 11.5 Å². The first-order valence-electron chi connectivity index (χ1n) is 8.81. The molecule has 2 aromatic heterocycles. The van der Waals surface area contributed by atoms with Crippen LogP contribution in [-0.4, -0.2) is 27.3 Å². The molecule has 0 unspecified atom stereocenters. The van der Waals surface area contributed by atoms with E-state index in [0.29, 0.717) is 28.5 Å². The monoisotopic (exact) mass is 411 g/mol. The highest BCUT2D eigenvalue weighted by Crippen LogP contribution is 2.32. The molecule has 0 saturated heterocycles. The van der Waals surface area contributed by atoms with E-state index < -0.39 is 5.25 Å². The van der Waals surface area contributed by atoms with Gasteiger partial charge >= 0.3 is 0 Å². The number of thioether (sulfide) groups is 1. The lowest BCUT2D eigenvalue weighted by molar-refractivity contribution is -0.120. The summed E-state index contributed by atoms with van der Waals surface area (Å²) >= 11 is 2.70. The van der Waals surface area contributed by atoms with Crippen LogP contribution in [0.25, 0.3) is 20.7 Å². The second kappa shape index (κ2) is 9.03. The van der Waals surface area contributed by atoms with Gasteiger partial charge in [0.05, 0.1) is 10.8 Å². The maximum atomic E-state index is 13.1. The number of nitrogens with zero attached hydrogens (tertiary/aromatic N) is 2. The highest BCUT2D eigenvalue weighted by atomic mass is 32.2. The van der Waals surface area contributed by atoms with Gasteiger partial charge in [-0.1, -0.05) is 54.2 Å². The number of benzene rings is 1. The van der Waals surface area contributed by atoms with Crippen LogP contribution in [0.15, 0.2) is 71.7 Å². The van der Waals surface area contributed by atoms with Crippen molar-refractivity contribution < 1.29 is 4.79 Å². The molecule has 0 aliphatic carbocycles. The molecule has 3 aromatic rings. The van der Waals surface area contributed by atoms with Crippen LogP contribution in [0.2, 0.25) is 0 Å². The fourth-order valence-corrected chi connectivity index (χ4v) is 4.64. The Labute approximate surface area is 171 Å². The van der Waals surface area contributed by atoms with Gasteiger partial charge in [0.15, 0.2) is 5.16 Å². The van der Waals surface area contributed by atoms with E-state index in [1.807, 2.05) is 36.4 Å². The normalized spacial score (nSPS) is 11.9. The number of aromatic nitrogens is 2. The van der Waals surface area contributed by atoms with Gasteiger partial charge in [-0.2, -0.15) is 0 Å². The molecule has 0 bridgehead atoms. The van der Waals surface area contributed by atoms with Crippen LogP contribution < -0.4 is 10.9 Å². The molecule has 0 aliphatic rings. The van der Waals surface area contributed by atoms with Crippen molar-refractivity contribution in [1.82, 2.24) is 14.9 Å². The summed E-state index contributed by atoms with van der Waals surface area (Å²) in [5.41, 5.74) is 1.58. The van der Waals surface area contributed by atoms with E-state index >= 15 is 0 Å². The number of hydrogen-bond donors (Lipinski definition) is 1. The molecule has 0 radical (unpaired) electrons. The predicted octanol–water partition coefficient (Wildman–Crippen LogP) is 4.09. The van der Waals surface area contributed by atoms with Gasteiger partial charge < -0.3 is 5.32 Å². The number of nitrogens with one attached hydrogen (secondary N) is 1. The minimum Gasteiger partial charge on any atom is -0.352 e. The van der Waals surface area contributed by atoms with Gasteiger partial charge in [0.25, 0.3) is 5.56 Å². The maximum absolute atomic E-state index is 13.1. The zero-order valence-electron chi connectivity index (χ0n) is 15.6. The minimum atomic E-state index is -0.396. The summed E-state index contributed by atoms with van der Waals surface area (Å²) in [5.74, 6) is -0.125. The van der Waals surface area contributed by atoms with E-state index in [2.05, 4.69) is 18.5 Å². The lowest BCUT2D eigenvalue weighted by Gasteiger charge is -2.14. The largest absolute Gasteiger partial charge is 0.352 e. The number of rotatable bonds is 8. The van der Waals surface area contributed by atoms with Crippen LogP contribution >= 0.6 is 23.1 Å². The Morgan fingerprint density at radius 2 is 2.07 bits per heavy atom. The quantitative estimate of drug-likeness (QED) is 0.344. The molecule has 0 fully saturated rings. The van der Waals surface area contributed by atoms with Crippen molar-refractivity contribution in [2.75, 3.05) is 6.54 Å². The third-order valence-electron chi connectivity index (χ3n) is 4.04. The van der Waals surface area contributed by atoms with Crippen molar-refractivity contribution in [3.63, 3.8) is 0 Å². The number of allylic oxidation sites excluding steroid dienone is 1. The molecule has 1 aromatic carbocycles. The summed E-state index contributed by atoms with van der Waals surface area (Å²) < 4.78 is 2.18. The van der Waals surface area contributed by atoms with Crippen LogP contribution in [-0.2, 0) is 11.3 Å². The Bertz CT molecular complexity index is 1070. The van der Waals surface area contributed by atoms with Crippen LogP contribution in [0.1, 0.15) is 6.92 Å². The topological polar surface area (TPSA) is 64.0 Å². The number of amides is 1. The molecule has 0 spiro atoms. The van der Waals surface area contributed by atoms with Crippen molar-refractivity contribution in [2.24, 2.45) is 0 Å². The summed E-state index contributed by atoms with van der Waals surface area (Å²) in [7, 11) is 0. The second-order valence-electron chi connectivity index (χ2n) is 6.08. The van der Waals surface area contributed by atoms with Gasteiger partial charge in [-0.25, -0.2) is 4.98 Å². The number of fused-ring (bicyclic) bond motifs is 1. The molecule has 0 aliphatic heterocycles. The van der Waals surface area contributed by atoms with Crippen molar-refractivity contribution >= 4 is 39.2 Å². The molecular formula is C21H21N3O2S2. The van der Waals surface area contributed by atoms with Gasteiger partial charge in [0.1, 0.15) is 4.70 Å². The molecule has 1 atom stereocenters. The van der Waals surface area contributed by atoms with Crippen molar-refractivity contribution in [3.05, 3.63) is 72.1 Å². The van der Waals surface area contributed by atoms with Gasteiger partial charge in [-0.15, -0.1) is 24.5 Å². The molecule has 1 N–H and O–H groups in total. The van der Waals surface area contributed by atoms with Crippen LogP contribution in [0.3, 0.4) is 0 Å². The first kappa shape index (κ1) is 20.1. The number of carbonyl (C=O) groups is 1. The molecule has 144 valence electrons. The lowest BCUT2D eigenvalue weighted by Crippen LogP contribution is -2.32. The Morgan fingerprint density at radius 3 is 2.75 bits per heavy atom. The highest BCUT2D eigenvalue weighted by molar-refractivity contribution is 8.00. The van der Waals surface area contributed by atoms with Crippen LogP contribution in [0.5, 0.6) is 0 Å². The van der Waals surface area contributed by atoms with E-state index in [9.17, 15) is 9.59 Å². The Balaban J connectivity index is 2.02. The van der Waals surface area contributed by atoms with Crippen molar-refractivity contribution in [3.8, 4) is 10.4 Å². The summed E-state index contributed by atoms with van der Waals surface area (Å²) in [6, 6.07) is 11.8. The maximum Gasteiger partial charge on any atom is 0.272 e. The molecule has 1 amide bonds. The molecule has 28 heavy (non-hydrogen) atoms. The smallest absolute Gasteiger partial charge is 0.272 e.